The molecule has 0 bridgehead atoms. The predicted molar refractivity (Wildman–Crippen MR) is 59.8 cm³/mol. The van der Waals surface area contributed by atoms with E-state index in [9.17, 15) is 9.00 Å². The minimum Gasteiger partial charge on any atom is -0.468 e. The van der Waals surface area contributed by atoms with E-state index in [-0.39, 0.29) is 5.75 Å². The number of carbonyl (C=O) groups excluding carboxylic acids is 1. The van der Waals surface area contributed by atoms with Crippen molar-refractivity contribution in [1.29, 1.82) is 0 Å². The van der Waals surface area contributed by atoms with Gasteiger partial charge in [0.25, 0.3) is 0 Å². The Hall–Kier alpha value is -0.580. The lowest BCUT2D eigenvalue weighted by atomic mass is 10.4. The number of methoxy groups -OCH3 is 1. The molecule has 0 aliphatic carbocycles. The van der Waals surface area contributed by atoms with E-state index in [0.717, 1.165) is 0 Å². The second-order valence-electron chi connectivity index (χ2n) is 2.64. The maximum Gasteiger partial charge on any atom is 0.318 e. The van der Waals surface area contributed by atoms with Crippen molar-refractivity contribution in [3.8, 4) is 0 Å². The van der Waals surface area contributed by atoms with E-state index in [4.69, 9.17) is 23.2 Å². The fourth-order valence-electron chi connectivity index (χ4n) is 0.868. The molecule has 0 aliphatic heterocycles. The SMILES string of the molecule is COC(=O)CS(=O)c1ccc(Cl)c(Cl)c1. The van der Waals surface area contributed by atoms with Gasteiger partial charge in [-0.25, -0.2) is 0 Å². The van der Waals surface area contributed by atoms with Crippen LogP contribution in [0.15, 0.2) is 23.1 Å². The molecule has 82 valence electrons. The van der Waals surface area contributed by atoms with Gasteiger partial charge >= 0.3 is 5.97 Å². The number of halogens is 2. The summed E-state index contributed by atoms with van der Waals surface area (Å²) in [7, 11) is -0.205. The van der Waals surface area contributed by atoms with E-state index < -0.39 is 16.8 Å². The molecule has 1 rings (SSSR count). The van der Waals surface area contributed by atoms with Crippen LogP contribution >= 0.6 is 23.2 Å². The minimum atomic E-state index is -1.45. The molecule has 1 aromatic carbocycles. The van der Waals surface area contributed by atoms with Crippen LogP contribution in [0.4, 0.5) is 0 Å². The maximum absolute atomic E-state index is 11.6. The third-order valence-corrected chi connectivity index (χ3v) is 3.65. The van der Waals surface area contributed by atoms with Crippen LogP contribution < -0.4 is 0 Å². The first-order valence-corrected chi connectivity index (χ1v) is 6.02. The molecule has 15 heavy (non-hydrogen) atoms. The van der Waals surface area contributed by atoms with Crippen molar-refractivity contribution >= 4 is 40.0 Å². The van der Waals surface area contributed by atoms with Crippen molar-refractivity contribution in [2.24, 2.45) is 0 Å². The van der Waals surface area contributed by atoms with Gasteiger partial charge in [-0.2, -0.15) is 0 Å². The van der Waals surface area contributed by atoms with Gasteiger partial charge in [0.2, 0.25) is 0 Å². The van der Waals surface area contributed by atoms with Crippen molar-refractivity contribution < 1.29 is 13.7 Å². The van der Waals surface area contributed by atoms with Crippen LogP contribution in [0.3, 0.4) is 0 Å². The Morgan fingerprint density at radius 1 is 1.40 bits per heavy atom. The zero-order valence-electron chi connectivity index (χ0n) is 7.83. The molecule has 0 amide bonds. The van der Waals surface area contributed by atoms with Crippen molar-refractivity contribution in [2.45, 2.75) is 4.90 Å². The first-order chi connectivity index (χ1) is 7.04. The molecule has 1 atom stereocenters. The van der Waals surface area contributed by atoms with Gasteiger partial charge in [0.1, 0.15) is 5.75 Å². The van der Waals surface area contributed by atoms with Gasteiger partial charge in [-0.3, -0.25) is 9.00 Å². The van der Waals surface area contributed by atoms with E-state index >= 15 is 0 Å². The Bertz CT molecular complexity index is 406. The third kappa shape index (κ3) is 3.48. The third-order valence-electron chi connectivity index (χ3n) is 1.63. The van der Waals surface area contributed by atoms with Gasteiger partial charge in [0.15, 0.2) is 0 Å². The summed E-state index contributed by atoms with van der Waals surface area (Å²) in [4.78, 5) is 11.3. The Labute approximate surface area is 99.8 Å². The molecule has 0 saturated carbocycles. The average Bonchev–Trinajstić information content (AvgIpc) is 2.21. The van der Waals surface area contributed by atoms with Crippen LogP contribution in [0.5, 0.6) is 0 Å². The molecule has 6 heteroatoms. The lowest BCUT2D eigenvalue weighted by Gasteiger charge is -2.02. The molecule has 0 saturated heterocycles. The monoisotopic (exact) mass is 266 g/mol. The van der Waals surface area contributed by atoms with E-state index in [0.29, 0.717) is 14.9 Å². The first-order valence-electron chi connectivity index (χ1n) is 3.95. The molecule has 0 spiro atoms. The second kappa shape index (κ2) is 5.49. The summed E-state index contributed by atoms with van der Waals surface area (Å²) in [5.74, 6) is -0.714. The highest BCUT2D eigenvalue weighted by atomic mass is 35.5. The van der Waals surface area contributed by atoms with Gasteiger partial charge in [0, 0.05) is 4.90 Å². The topological polar surface area (TPSA) is 43.4 Å². The standard InChI is InChI=1S/C9H8Cl2O3S/c1-14-9(12)5-15(13)6-2-3-7(10)8(11)4-6/h2-4H,5H2,1H3. The zero-order valence-corrected chi connectivity index (χ0v) is 10.2. The molecular weight excluding hydrogens is 259 g/mol. The lowest BCUT2D eigenvalue weighted by molar-refractivity contribution is -0.137. The zero-order chi connectivity index (χ0) is 11.4. The molecular formula is C9H8Cl2O3S. The van der Waals surface area contributed by atoms with Crippen LogP contribution in [0, 0.1) is 0 Å². The lowest BCUT2D eigenvalue weighted by Crippen LogP contribution is -2.12. The molecule has 1 aromatic rings. The average molecular weight is 267 g/mol. The summed E-state index contributed by atoms with van der Waals surface area (Å²) in [6, 6.07) is 4.57. The highest BCUT2D eigenvalue weighted by Crippen LogP contribution is 2.24. The van der Waals surface area contributed by atoms with Gasteiger partial charge in [-0.1, -0.05) is 23.2 Å². The largest absolute Gasteiger partial charge is 0.468 e. The van der Waals surface area contributed by atoms with Crippen LogP contribution in [0.1, 0.15) is 0 Å². The van der Waals surface area contributed by atoms with Gasteiger partial charge in [-0.15, -0.1) is 0 Å². The van der Waals surface area contributed by atoms with Gasteiger partial charge in [-0.05, 0) is 18.2 Å². The first kappa shape index (κ1) is 12.5. The quantitative estimate of drug-likeness (QED) is 0.789. The van der Waals surface area contributed by atoms with E-state index in [2.05, 4.69) is 4.74 Å². The number of benzene rings is 1. The number of rotatable bonds is 3. The molecule has 3 nitrogen and oxygen atoms in total. The highest BCUT2D eigenvalue weighted by Gasteiger charge is 2.11. The Morgan fingerprint density at radius 2 is 2.07 bits per heavy atom. The molecule has 0 heterocycles. The molecule has 0 aliphatic rings. The fraction of sp³-hybridized carbons (Fsp3) is 0.222. The van der Waals surface area contributed by atoms with Crippen molar-refractivity contribution in [3.63, 3.8) is 0 Å². The van der Waals surface area contributed by atoms with Crippen LogP contribution in [-0.2, 0) is 20.3 Å². The van der Waals surface area contributed by atoms with Crippen molar-refractivity contribution in [2.75, 3.05) is 12.9 Å². The summed E-state index contributed by atoms with van der Waals surface area (Å²) < 4.78 is 16.0. The van der Waals surface area contributed by atoms with Crippen LogP contribution in [0.25, 0.3) is 0 Å². The number of ether oxygens (including phenoxy) is 1. The number of esters is 1. The summed E-state index contributed by atoms with van der Waals surface area (Å²) in [5, 5.41) is 0.697. The van der Waals surface area contributed by atoms with Gasteiger partial charge in [0.05, 0.1) is 28.0 Å². The van der Waals surface area contributed by atoms with Gasteiger partial charge < -0.3 is 4.74 Å². The highest BCUT2D eigenvalue weighted by molar-refractivity contribution is 7.85. The molecule has 0 radical (unpaired) electrons. The number of hydrogen-bond acceptors (Lipinski definition) is 3. The smallest absolute Gasteiger partial charge is 0.318 e. The summed E-state index contributed by atoms with van der Waals surface area (Å²) >= 11 is 11.4. The minimum absolute atomic E-state index is 0.186. The normalized spacial score (nSPS) is 12.2. The van der Waals surface area contributed by atoms with Crippen molar-refractivity contribution in [1.82, 2.24) is 0 Å². The number of carbonyl (C=O) groups is 1. The molecule has 0 N–H and O–H groups in total. The second-order valence-corrected chi connectivity index (χ2v) is 4.91. The molecule has 0 aromatic heterocycles. The summed E-state index contributed by atoms with van der Waals surface area (Å²) in [6.45, 7) is 0. The fourth-order valence-corrected chi connectivity index (χ4v) is 2.20. The van der Waals surface area contributed by atoms with E-state index in [1.807, 2.05) is 0 Å². The molecule has 1 unspecified atom stereocenters. The maximum atomic E-state index is 11.6. The number of hydrogen-bond donors (Lipinski definition) is 0. The van der Waals surface area contributed by atoms with E-state index in [1.54, 1.807) is 6.07 Å². The summed E-state index contributed by atoms with van der Waals surface area (Å²) in [5.41, 5.74) is 0. The van der Waals surface area contributed by atoms with Crippen molar-refractivity contribution in [3.05, 3.63) is 28.2 Å². The van der Waals surface area contributed by atoms with Crippen LogP contribution in [0.2, 0.25) is 10.0 Å². The Morgan fingerprint density at radius 3 is 2.60 bits per heavy atom. The summed E-state index contributed by atoms with van der Waals surface area (Å²) in [6.07, 6.45) is 0. The Balaban J connectivity index is 2.83. The molecule has 0 fully saturated rings. The Kier molecular flexibility index (Phi) is 4.57. The van der Waals surface area contributed by atoms with E-state index in [1.165, 1.54) is 19.2 Å². The van der Waals surface area contributed by atoms with Crippen LogP contribution in [-0.4, -0.2) is 23.0 Å². The predicted octanol–water partition coefficient (Wildman–Crippen LogP) is 2.27.